The number of carbonyl (C=O) groups is 1. The molecule has 2 nitrogen and oxygen atoms in total. The Morgan fingerprint density at radius 3 is 2.35 bits per heavy atom. The molecule has 1 N–H and O–H groups in total. The van der Waals surface area contributed by atoms with Crippen molar-refractivity contribution in [3.05, 3.63) is 93.7 Å². The molecule has 1 heterocycles. The molecule has 0 aliphatic heterocycles. The Balaban J connectivity index is 1.88. The summed E-state index contributed by atoms with van der Waals surface area (Å²) in [5, 5.41) is 5.20. The first kappa shape index (κ1) is 15.5. The van der Waals surface area contributed by atoms with E-state index >= 15 is 0 Å². The summed E-state index contributed by atoms with van der Waals surface area (Å²) in [6.45, 7) is 2.14. The number of amides is 1. The lowest BCUT2D eigenvalue weighted by atomic mass is 10.0. The predicted octanol–water partition coefficient (Wildman–Crippen LogP) is 4.83. The molecule has 0 saturated carbocycles. The van der Waals surface area contributed by atoms with Crippen molar-refractivity contribution in [3.8, 4) is 0 Å². The normalized spacial score (nSPS) is 11.9. The Bertz CT molecular complexity index is 748. The molecule has 3 heteroatoms. The fourth-order valence-corrected chi connectivity index (χ4v) is 3.33. The van der Waals surface area contributed by atoms with Crippen molar-refractivity contribution in [2.75, 3.05) is 0 Å². The molecular formula is C20H19NOS. The third-order valence-electron chi connectivity index (χ3n) is 3.86. The van der Waals surface area contributed by atoms with Gasteiger partial charge in [0.1, 0.15) is 0 Å². The molecule has 0 bridgehead atoms. The third-order valence-corrected chi connectivity index (χ3v) is 4.80. The zero-order valence-electron chi connectivity index (χ0n) is 13.0. The number of rotatable bonds is 5. The van der Waals surface area contributed by atoms with E-state index in [1.165, 1.54) is 5.56 Å². The molecule has 116 valence electrons. The highest BCUT2D eigenvalue weighted by Crippen LogP contribution is 2.26. The molecule has 0 spiro atoms. The monoisotopic (exact) mass is 321 g/mol. The SMILES string of the molecule is CCc1ccc([C@@H](NC(=O)c2ccccc2)c2cccs2)cc1. The van der Waals surface area contributed by atoms with Crippen LogP contribution in [0.4, 0.5) is 0 Å². The molecule has 1 amide bonds. The Morgan fingerprint density at radius 2 is 1.74 bits per heavy atom. The minimum Gasteiger partial charge on any atom is -0.340 e. The summed E-state index contributed by atoms with van der Waals surface area (Å²) in [6.07, 6.45) is 1.01. The van der Waals surface area contributed by atoms with Gasteiger partial charge in [0.2, 0.25) is 0 Å². The molecule has 2 aromatic carbocycles. The van der Waals surface area contributed by atoms with E-state index in [0.29, 0.717) is 5.56 Å². The van der Waals surface area contributed by atoms with Crippen LogP contribution in [0.25, 0.3) is 0 Å². The van der Waals surface area contributed by atoms with Crippen LogP contribution in [0.3, 0.4) is 0 Å². The summed E-state index contributed by atoms with van der Waals surface area (Å²) in [6, 6.07) is 21.8. The van der Waals surface area contributed by atoms with Crippen LogP contribution in [-0.2, 0) is 6.42 Å². The highest BCUT2D eigenvalue weighted by atomic mass is 32.1. The van der Waals surface area contributed by atoms with Crippen LogP contribution in [0.5, 0.6) is 0 Å². The molecule has 1 atom stereocenters. The molecule has 3 rings (SSSR count). The molecule has 1 aromatic heterocycles. The molecule has 0 aliphatic carbocycles. The predicted molar refractivity (Wildman–Crippen MR) is 95.9 cm³/mol. The van der Waals surface area contributed by atoms with Crippen molar-refractivity contribution in [1.82, 2.24) is 5.32 Å². The van der Waals surface area contributed by atoms with Gasteiger partial charge in [-0.05, 0) is 41.1 Å². The van der Waals surface area contributed by atoms with Crippen molar-refractivity contribution >= 4 is 17.2 Å². The summed E-state index contributed by atoms with van der Waals surface area (Å²) in [4.78, 5) is 13.7. The van der Waals surface area contributed by atoms with E-state index in [9.17, 15) is 4.79 Å². The van der Waals surface area contributed by atoms with Crippen LogP contribution >= 0.6 is 11.3 Å². The maximum atomic E-state index is 12.5. The summed E-state index contributed by atoms with van der Waals surface area (Å²) in [5.41, 5.74) is 3.08. The smallest absolute Gasteiger partial charge is 0.252 e. The van der Waals surface area contributed by atoms with Crippen molar-refractivity contribution in [1.29, 1.82) is 0 Å². The van der Waals surface area contributed by atoms with Crippen molar-refractivity contribution < 1.29 is 4.79 Å². The minimum absolute atomic E-state index is 0.0523. The van der Waals surface area contributed by atoms with Gasteiger partial charge in [0.05, 0.1) is 6.04 Å². The zero-order chi connectivity index (χ0) is 16.1. The van der Waals surface area contributed by atoms with E-state index in [2.05, 4.69) is 42.6 Å². The summed E-state index contributed by atoms with van der Waals surface area (Å²) in [7, 11) is 0. The van der Waals surface area contributed by atoms with E-state index < -0.39 is 0 Å². The van der Waals surface area contributed by atoms with Crippen LogP contribution < -0.4 is 5.32 Å². The van der Waals surface area contributed by atoms with Crippen molar-refractivity contribution in [2.24, 2.45) is 0 Å². The van der Waals surface area contributed by atoms with Gasteiger partial charge in [-0.25, -0.2) is 0 Å². The van der Waals surface area contributed by atoms with E-state index in [1.54, 1.807) is 11.3 Å². The molecule has 0 fully saturated rings. The lowest BCUT2D eigenvalue weighted by Crippen LogP contribution is -2.28. The molecule has 0 unspecified atom stereocenters. The van der Waals surface area contributed by atoms with Gasteiger partial charge in [0.25, 0.3) is 5.91 Å². The second kappa shape index (κ2) is 7.25. The van der Waals surface area contributed by atoms with Crippen LogP contribution in [0, 0.1) is 0 Å². The third kappa shape index (κ3) is 3.69. The fourth-order valence-electron chi connectivity index (χ4n) is 2.52. The number of aryl methyl sites for hydroxylation is 1. The molecular weight excluding hydrogens is 302 g/mol. The minimum atomic E-state index is -0.117. The highest BCUT2D eigenvalue weighted by molar-refractivity contribution is 7.10. The number of nitrogens with one attached hydrogen (secondary N) is 1. The van der Waals surface area contributed by atoms with E-state index in [0.717, 1.165) is 16.9 Å². The van der Waals surface area contributed by atoms with Crippen LogP contribution in [0.2, 0.25) is 0 Å². The van der Waals surface area contributed by atoms with Gasteiger partial charge in [-0.3, -0.25) is 4.79 Å². The molecule has 3 aromatic rings. The number of benzene rings is 2. The van der Waals surface area contributed by atoms with Gasteiger partial charge in [0, 0.05) is 10.4 Å². The topological polar surface area (TPSA) is 29.1 Å². The molecule has 0 aliphatic rings. The maximum Gasteiger partial charge on any atom is 0.252 e. The lowest BCUT2D eigenvalue weighted by Gasteiger charge is -2.18. The van der Waals surface area contributed by atoms with E-state index in [-0.39, 0.29) is 11.9 Å². The summed E-state index contributed by atoms with van der Waals surface area (Å²) >= 11 is 1.66. The highest BCUT2D eigenvalue weighted by Gasteiger charge is 2.18. The number of hydrogen-bond donors (Lipinski definition) is 1. The quantitative estimate of drug-likeness (QED) is 0.716. The number of carbonyl (C=O) groups excluding carboxylic acids is 1. The van der Waals surface area contributed by atoms with E-state index in [1.807, 2.05) is 41.8 Å². The Hall–Kier alpha value is -2.39. The van der Waals surface area contributed by atoms with Crippen LogP contribution in [-0.4, -0.2) is 5.91 Å². The molecule has 0 saturated heterocycles. The van der Waals surface area contributed by atoms with Gasteiger partial charge < -0.3 is 5.32 Å². The van der Waals surface area contributed by atoms with Gasteiger partial charge in [-0.15, -0.1) is 11.3 Å². The first-order valence-corrected chi connectivity index (χ1v) is 8.64. The molecule has 23 heavy (non-hydrogen) atoms. The first-order valence-electron chi connectivity index (χ1n) is 7.76. The Morgan fingerprint density at radius 1 is 1.00 bits per heavy atom. The first-order chi connectivity index (χ1) is 11.3. The Kier molecular flexibility index (Phi) is 4.89. The lowest BCUT2D eigenvalue weighted by molar-refractivity contribution is 0.0943. The van der Waals surface area contributed by atoms with Crippen molar-refractivity contribution in [3.63, 3.8) is 0 Å². The van der Waals surface area contributed by atoms with Gasteiger partial charge in [0.15, 0.2) is 0 Å². The largest absolute Gasteiger partial charge is 0.340 e. The Labute approximate surface area is 140 Å². The number of thiophene rings is 1. The summed E-state index contributed by atoms with van der Waals surface area (Å²) < 4.78 is 0. The average Bonchev–Trinajstić information content (AvgIpc) is 3.15. The van der Waals surface area contributed by atoms with Crippen molar-refractivity contribution in [2.45, 2.75) is 19.4 Å². The van der Waals surface area contributed by atoms with Gasteiger partial charge in [-0.1, -0.05) is 55.5 Å². The van der Waals surface area contributed by atoms with Gasteiger partial charge in [-0.2, -0.15) is 0 Å². The summed E-state index contributed by atoms with van der Waals surface area (Å²) in [5.74, 6) is -0.0523. The average molecular weight is 321 g/mol. The fraction of sp³-hybridized carbons (Fsp3) is 0.150. The molecule has 0 radical (unpaired) electrons. The standard InChI is InChI=1S/C20H19NOS/c1-2-15-10-12-16(13-11-15)19(18-9-6-14-23-18)21-20(22)17-7-4-3-5-8-17/h3-14,19H,2H2,1H3,(H,21,22)/t19-/m1/s1. The van der Waals surface area contributed by atoms with Crippen LogP contribution in [0.15, 0.2) is 72.1 Å². The van der Waals surface area contributed by atoms with E-state index in [4.69, 9.17) is 0 Å². The number of hydrogen-bond acceptors (Lipinski definition) is 2. The van der Waals surface area contributed by atoms with Crippen LogP contribution in [0.1, 0.15) is 39.3 Å². The zero-order valence-corrected chi connectivity index (χ0v) is 13.8. The second-order valence-electron chi connectivity index (χ2n) is 5.38. The second-order valence-corrected chi connectivity index (χ2v) is 6.36. The maximum absolute atomic E-state index is 12.5. The van der Waals surface area contributed by atoms with Gasteiger partial charge >= 0.3 is 0 Å².